The number of esters is 2. The van der Waals surface area contributed by atoms with Gasteiger partial charge in [0, 0.05) is 23.1 Å². The first-order chi connectivity index (χ1) is 16.5. The number of aliphatic hydroxyl groups is 1. The van der Waals surface area contributed by atoms with Crippen molar-refractivity contribution in [3.8, 4) is 11.8 Å². The van der Waals surface area contributed by atoms with Crippen molar-refractivity contribution in [3.63, 3.8) is 0 Å². The van der Waals surface area contributed by atoms with Crippen molar-refractivity contribution < 1.29 is 24.2 Å². The number of aliphatic hydroxyl groups excluding tert-OH is 1. The summed E-state index contributed by atoms with van der Waals surface area (Å²) >= 11 is 0. The van der Waals surface area contributed by atoms with Gasteiger partial charge in [-0.3, -0.25) is 0 Å². The Morgan fingerprint density at radius 1 is 1.00 bits per heavy atom. The van der Waals surface area contributed by atoms with E-state index in [0.29, 0.717) is 11.1 Å². The highest BCUT2D eigenvalue weighted by molar-refractivity contribution is 5.96. The van der Waals surface area contributed by atoms with Crippen molar-refractivity contribution in [1.82, 2.24) is 0 Å². The van der Waals surface area contributed by atoms with Gasteiger partial charge in [-0.1, -0.05) is 59.9 Å². The Hall–Kier alpha value is -4.14. The molecule has 1 aliphatic rings. The van der Waals surface area contributed by atoms with Gasteiger partial charge < -0.3 is 14.6 Å². The molecule has 3 aromatic rings. The average molecular weight is 453 g/mol. The molecule has 5 heteroatoms. The van der Waals surface area contributed by atoms with Crippen LogP contribution in [0.15, 0.2) is 84.4 Å². The van der Waals surface area contributed by atoms with E-state index in [-0.39, 0.29) is 13.0 Å². The molecule has 5 nitrogen and oxygen atoms in total. The van der Waals surface area contributed by atoms with E-state index in [4.69, 9.17) is 9.47 Å². The summed E-state index contributed by atoms with van der Waals surface area (Å²) in [5.74, 6) is 5.07. The Labute approximate surface area is 198 Å². The van der Waals surface area contributed by atoms with Crippen LogP contribution in [0.25, 0.3) is 6.08 Å². The SMILES string of the molecule is Cc1ccc(C#Cc2ccc(C(=O)OC[C@]3(CO)C/C(=C/c4ccccc4)C(=O)O3)cc2)cc1. The van der Waals surface area contributed by atoms with Gasteiger partial charge in [0.05, 0.1) is 12.2 Å². The Balaban J connectivity index is 1.38. The van der Waals surface area contributed by atoms with E-state index in [9.17, 15) is 14.7 Å². The van der Waals surface area contributed by atoms with Crippen LogP contribution in [0.2, 0.25) is 0 Å². The number of rotatable bonds is 5. The minimum Gasteiger partial charge on any atom is -0.458 e. The molecule has 1 heterocycles. The highest BCUT2D eigenvalue weighted by Gasteiger charge is 2.44. The van der Waals surface area contributed by atoms with Crippen molar-refractivity contribution in [3.05, 3.63) is 112 Å². The maximum absolute atomic E-state index is 12.5. The lowest BCUT2D eigenvalue weighted by molar-refractivity contribution is -0.154. The Morgan fingerprint density at radius 3 is 2.24 bits per heavy atom. The summed E-state index contributed by atoms with van der Waals surface area (Å²) in [6.45, 7) is 1.33. The first kappa shape index (κ1) is 23.0. The van der Waals surface area contributed by atoms with Crippen molar-refractivity contribution in [2.75, 3.05) is 13.2 Å². The van der Waals surface area contributed by atoms with Crippen LogP contribution in [-0.2, 0) is 14.3 Å². The van der Waals surface area contributed by atoms with Gasteiger partial charge in [-0.25, -0.2) is 9.59 Å². The van der Waals surface area contributed by atoms with Gasteiger partial charge in [0.2, 0.25) is 0 Å². The van der Waals surface area contributed by atoms with Crippen LogP contribution in [0.5, 0.6) is 0 Å². The summed E-state index contributed by atoms with van der Waals surface area (Å²) in [4.78, 5) is 24.9. The highest BCUT2D eigenvalue weighted by atomic mass is 16.6. The summed E-state index contributed by atoms with van der Waals surface area (Å²) in [6.07, 6.45) is 1.87. The van der Waals surface area contributed by atoms with Crippen molar-refractivity contribution in [2.24, 2.45) is 0 Å². The van der Waals surface area contributed by atoms with E-state index in [1.807, 2.05) is 61.5 Å². The molecule has 0 spiro atoms. The summed E-state index contributed by atoms with van der Waals surface area (Å²) < 4.78 is 10.8. The number of hydrogen-bond donors (Lipinski definition) is 1. The van der Waals surface area contributed by atoms with Gasteiger partial charge in [-0.2, -0.15) is 0 Å². The second kappa shape index (κ2) is 10.2. The molecule has 0 aliphatic carbocycles. The maximum atomic E-state index is 12.5. The fourth-order valence-corrected chi connectivity index (χ4v) is 3.54. The third kappa shape index (κ3) is 5.61. The number of aryl methyl sites for hydroxylation is 1. The molecular formula is C29H24O5. The Morgan fingerprint density at radius 2 is 1.62 bits per heavy atom. The number of carbonyl (C=O) groups is 2. The Bertz CT molecular complexity index is 1260. The molecule has 1 N–H and O–H groups in total. The van der Waals surface area contributed by atoms with Gasteiger partial charge in [-0.15, -0.1) is 0 Å². The van der Waals surface area contributed by atoms with Crippen LogP contribution in [0.1, 0.15) is 39.0 Å². The number of ether oxygens (including phenoxy) is 2. The van der Waals surface area contributed by atoms with E-state index in [0.717, 1.165) is 16.7 Å². The van der Waals surface area contributed by atoms with Gasteiger partial charge in [-0.05, 0) is 55.0 Å². The minimum atomic E-state index is -1.28. The molecule has 1 atom stereocenters. The number of carbonyl (C=O) groups excluding carboxylic acids is 2. The second-order valence-corrected chi connectivity index (χ2v) is 8.26. The molecule has 3 aromatic carbocycles. The molecule has 0 amide bonds. The van der Waals surface area contributed by atoms with Crippen LogP contribution >= 0.6 is 0 Å². The van der Waals surface area contributed by atoms with Gasteiger partial charge in [0.15, 0.2) is 5.60 Å². The first-order valence-corrected chi connectivity index (χ1v) is 10.9. The molecule has 170 valence electrons. The molecule has 1 fully saturated rings. The zero-order valence-corrected chi connectivity index (χ0v) is 18.8. The normalized spacial score (nSPS) is 18.2. The van der Waals surface area contributed by atoms with E-state index in [1.165, 1.54) is 5.56 Å². The van der Waals surface area contributed by atoms with E-state index >= 15 is 0 Å². The zero-order chi connectivity index (χ0) is 24.0. The van der Waals surface area contributed by atoms with Crippen LogP contribution in [-0.4, -0.2) is 35.9 Å². The summed E-state index contributed by atoms with van der Waals surface area (Å²) in [5.41, 5.74) is 3.19. The Kier molecular flexibility index (Phi) is 6.91. The molecule has 0 bridgehead atoms. The van der Waals surface area contributed by atoms with Crippen LogP contribution in [0.3, 0.4) is 0 Å². The molecule has 0 unspecified atom stereocenters. The summed E-state index contributed by atoms with van der Waals surface area (Å²) in [5, 5.41) is 9.90. The lowest BCUT2D eigenvalue weighted by atomic mass is 9.98. The number of cyclic esters (lactones) is 1. The summed E-state index contributed by atoms with van der Waals surface area (Å²) in [7, 11) is 0. The smallest absolute Gasteiger partial charge is 0.338 e. The number of benzene rings is 3. The third-order valence-electron chi connectivity index (χ3n) is 5.50. The van der Waals surface area contributed by atoms with E-state index in [1.54, 1.807) is 30.3 Å². The van der Waals surface area contributed by atoms with Gasteiger partial charge in [0.1, 0.15) is 6.61 Å². The molecule has 0 radical (unpaired) electrons. The molecule has 34 heavy (non-hydrogen) atoms. The van der Waals surface area contributed by atoms with E-state index in [2.05, 4.69) is 11.8 Å². The third-order valence-corrected chi connectivity index (χ3v) is 5.50. The van der Waals surface area contributed by atoms with Crippen molar-refractivity contribution in [1.29, 1.82) is 0 Å². The molecule has 0 aromatic heterocycles. The highest BCUT2D eigenvalue weighted by Crippen LogP contribution is 2.32. The van der Waals surface area contributed by atoms with Crippen molar-refractivity contribution >= 4 is 18.0 Å². The molecule has 0 saturated carbocycles. The lowest BCUT2D eigenvalue weighted by Crippen LogP contribution is -2.39. The van der Waals surface area contributed by atoms with Crippen molar-refractivity contribution in [2.45, 2.75) is 18.9 Å². The standard InChI is InChI=1S/C29H24O5/c1-21-7-9-22(10-8-21)11-12-23-13-15-25(16-14-23)27(31)33-20-29(19-30)18-26(28(32)34-29)17-24-5-3-2-4-6-24/h2-10,13-17,30H,18-20H2,1H3/b26-17-/t29-/m1/s1. The lowest BCUT2D eigenvalue weighted by Gasteiger charge is -2.24. The first-order valence-electron chi connectivity index (χ1n) is 10.9. The number of hydrogen-bond acceptors (Lipinski definition) is 5. The quantitative estimate of drug-likeness (QED) is 0.355. The van der Waals surface area contributed by atoms with Gasteiger partial charge in [0.25, 0.3) is 0 Å². The predicted molar refractivity (Wildman–Crippen MR) is 129 cm³/mol. The van der Waals surface area contributed by atoms with Gasteiger partial charge >= 0.3 is 11.9 Å². The maximum Gasteiger partial charge on any atom is 0.338 e. The topological polar surface area (TPSA) is 72.8 Å². The molecular weight excluding hydrogens is 428 g/mol. The molecule has 4 rings (SSSR count). The summed E-state index contributed by atoms with van der Waals surface area (Å²) in [6, 6.07) is 24.0. The fraction of sp³-hybridized carbons (Fsp3) is 0.172. The van der Waals surface area contributed by atoms with Crippen LogP contribution in [0, 0.1) is 18.8 Å². The predicted octanol–water partition coefficient (Wildman–Crippen LogP) is 4.31. The molecule has 1 saturated heterocycles. The van der Waals surface area contributed by atoms with Crippen LogP contribution in [0.4, 0.5) is 0 Å². The average Bonchev–Trinajstić information content (AvgIpc) is 3.18. The zero-order valence-electron chi connectivity index (χ0n) is 18.8. The minimum absolute atomic E-state index is 0.151. The second-order valence-electron chi connectivity index (χ2n) is 8.26. The molecule has 1 aliphatic heterocycles. The fourth-order valence-electron chi connectivity index (χ4n) is 3.54. The monoisotopic (exact) mass is 452 g/mol. The largest absolute Gasteiger partial charge is 0.458 e. The van der Waals surface area contributed by atoms with Crippen LogP contribution < -0.4 is 0 Å². The van der Waals surface area contributed by atoms with E-state index < -0.39 is 24.1 Å².